The first-order chi connectivity index (χ1) is 8.62. The van der Waals surface area contributed by atoms with E-state index in [4.69, 9.17) is 14.6 Å². The highest BCUT2D eigenvalue weighted by atomic mass is 16.5. The monoisotopic (exact) mass is 253 g/mol. The number of benzene rings is 1. The van der Waals surface area contributed by atoms with Crippen LogP contribution in [0.5, 0.6) is 11.5 Å². The van der Waals surface area contributed by atoms with E-state index < -0.39 is 0 Å². The van der Waals surface area contributed by atoms with Crippen molar-refractivity contribution in [3.63, 3.8) is 0 Å². The second-order valence-corrected chi connectivity index (χ2v) is 4.06. The Labute approximate surface area is 107 Å². The van der Waals surface area contributed by atoms with Crippen molar-refractivity contribution >= 4 is 5.91 Å². The molecule has 0 aromatic heterocycles. The molecule has 0 fully saturated rings. The average Bonchev–Trinajstić information content (AvgIpc) is 2.43. The third kappa shape index (κ3) is 3.63. The Morgan fingerprint density at radius 1 is 1.39 bits per heavy atom. The van der Waals surface area contributed by atoms with Gasteiger partial charge in [-0.15, -0.1) is 0 Å². The molecule has 0 bridgehead atoms. The normalized spacial score (nSPS) is 11.8. The smallest absolute Gasteiger partial charge is 0.255 e. The molecular weight excluding hydrogens is 234 g/mol. The summed E-state index contributed by atoms with van der Waals surface area (Å²) in [7, 11) is 3.05. The minimum absolute atomic E-state index is 0.0190. The van der Waals surface area contributed by atoms with Crippen LogP contribution in [0.4, 0.5) is 0 Å². The van der Waals surface area contributed by atoms with Crippen LogP contribution >= 0.6 is 0 Å². The van der Waals surface area contributed by atoms with Crippen molar-refractivity contribution in [2.45, 2.75) is 6.92 Å². The third-order valence-electron chi connectivity index (χ3n) is 2.57. The molecule has 0 spiro atoms. The molecule has 0 radical (unpaired) electrons. The highest BCUT2D eigenvalue weighted by Crippen LogP contribution is 2.23. The van der Waals surface area contributed by atoms with Gasteiger partial charge in [0.2, 0.25) is 0 Å². The highest BCUT2D eigenvalue weighted by Gasteiger charge is 2.14. The summed E-state index contributed by atoms with van der Waals surface area (Å²) in [6, 6.07) is 5.03. The van der Waals surface area contributed by atoms with Gasteiger partial charge in [-0.25, -0.2) is 0 Å². The van der Waals surface area contributed by atoms with E-state index in [9.17, 15) is 4.79 Å². The van der Waals surface area contributed by atoms with Crippen LogP contribution in [0.2, 0.25) is 0 Å². The number of ether oxygens (including phenoxy) is 2. The number of aliphatic hydroxyl groups excluding tert-OH is 1. The Hall–Kier alpha value is -1.75. The number of methoxy groups -OCH3 is 2. The van der Waals surface area contributed by atoms with Gasteiger partial charge >= 0.3 is 0 Å². The van der Waals surface area contributed by atoms with Crippen LogP contribution < -0.4 is 14.8 Å². The zero-order valence-electron chi connectivity index (χ0n) is 10.9. The molecule has 1 aromatic carbocycles. The first-order valence-electron chi connectivity index (χ1n) is 5.73. The summed E-state index contributed by atoms with van der Waals surface area (Å²) >= 11 is 0. The Morgan fingerprint density at radius 2 is 2.11 bits per heavy atom. The maximum atomic E-state index is 12.0. The lowest BCUT2D eigenvalue weighted by atomic mass is 10.1. The van der Waals surface area contributed by atoms with Crippen molar-refractivity contribution in [3.8, 4) is 11.5 Å². The van der Waals surface area contributed by atoms with E-state index in [0.717, 1.165) is 0 Å². The second-order valence-electron chi connectivity index (χ2n) is 4.06. The van der Waals surface area contributed by atoms with Gasteiger partial charge in [-0.3, -0.25) is 4.79 Å². The Balaban J connectivity index is 2.82. The number of carbonyl (C=O) groups excluding carboxylic acids is 1. The van der Waals surface area contributed by atoms with Crippen LogP contribution in [-0.4, -0.2) is 38.4 Å². The molecule has 5 heteroatoms. The molecule has 0 aliphatic carbocycles. The number of aliphatic hydroxyl groups is 1. The fourth-order valence-electron chi connectivity index (χ4n) is 1.42. The van der Waals surface area contributed by atoms with Crippen LogP contribution in [0.25, 0.3) is 0 Å². The molecule has 0 saturated heterocycles. The predicted octanol–water partition coefficient (Wildman–Crippen LogP) is 1.06. The van der Waals surface area contributed by atoms with E-state index >= 15 is 0 Å². The van der Waals surface area contributed by atoms with Gasteiger partial charge in [0.25, 0.3) is 5.91 Å². The van der Waals surface area contributed by atoms with Crippen molar-refractivity contribution < 1.29 is 19.4 Å². The molecule has 0 heterocycles. The van der Waals surface area contributed by atoms with Crippen LogP contribution in [0.3, 0.4) is 0 Å². The molecule has 5 nitrogen and oxygen atoms in total. The molecule has 0 saturated carbocycles. The molecule has 100 valence electrons. The lowest BCUT2D eigenvalue weighted by Crippen LogP contribution is -2.29. The van der Waals surface area contributed by atoms with Gasteiger partial charge in [0, 0.05) is 13.2 Å². The zero-order valence-corrected chi connectivity index (χ0v) is 10.9. The molecule has 1 unspecified atom stereocenters. The average molecular weight is 253 g/mol. The topological polar surface area (TPSA) is 67.8 Å². The summed E-state index contributed by atoms with van der Waals surface area (Å²) in [4.78, 5) is 12.0. The van der Waals surface area contributed by atoms with E-state index in [-0.39, 0.29) is 18.4 Å². The summed E-state index contributed by atoms with van der Waals surface area (Å²) in [5.74, 6) is 0.859. The lowest BCUT2D eigenvalue weighted by Gasteiger charge is -2.12. The van der Waals surface area contributed by atoms with Crippen LogP contribution in [0, 0.1) is 5.92 Å². The fourth-order valence-corrected chi connectivity index (χ4v) is 1.42. The summed E-state index contributed by atoms with van der Waals surface area (Å²) in [5, 5.41) is 11.6. The zero-order chi connectivity index (χ0) is 13.5. The van der Waals surface area contributed by atoms with Gasteiger partial charge in [0.05, 0.1) is 19.8 Å². The lowest BCUT2D eigenvalue weighted by molar-refractivity contribution is 0.0939. The maximum absolute atomic E-state index is 12.0. The molecule has 1 rings (SSSR count). The third-order valence-corrected chi connectivity index (χ3v) is 2.57. The minimum atomic E-state index is -0.244. The summed E-state index contributed by atoms with van der Waals surface area (Å²) in [5.41, 5.74) is 0.419. The van der Waals surface area contributed by atoms with Crippen molar-refractivity contribution in [1.29, 1.82) is 0 Å². The highest BCUT2D eigenvalue weighted by molar-refractivity contribution is 5.97. The molecule has 0 aliphatic heterocycles. The minimum Gasteiger partial charge on any atom is -0.497 e. The summed E-state index contributed by atoms with van der Waals surface area (Å²) in [6.07, 6.45) is 0. The Kier molecular flexibility index (Phi) is 5.45. The Morgan fingerprint density at radius 3 is 2.67 bits per heavy atom. The van der Waals surface area contributed by atoms with Gasteiger partial charge in [0.1, 0.15) is 11.5 Å². The first kappa shape index (κ1) is 14.3. The van der Waals surface area contributed by atoms with Crippen LogP contribution in [0.1, 0.15) is 17.3 Å². The number of carbonyl (C=O) groups is 1. The van der Waals surface area contributed by atoms with Crippen molar-refractivity contribution in [2.24, 2.45) is 5.92 Å². The number of amides is 1. The molecule has 1 amide bonds. The maximum Gasteiger partial charge on any atom is 0.255 e. The number of nitrogens with one attached hydrogen (secondary N) is 1. The number of hydrogen-bond acceptors (Lipinski definition) is 4. The van der Waals surface area contributed by atoms with Crippen LogP contribution in [0.15, 0.2) is 18.2 Å². The molecule has 1 atom stereocenters. The van der Waals surface area contributed by atoms with E-state index in [0.29, 0.717) is 23.6 Å². The van der Waals surface area contributed by atoms with Gasteiger partial charge in [0.15, 0.2) is 0 Å². The molecule has 0 aliphatic rings. The molecule has 1 aromatic rings. The van der Waals surface area contributed by atoms with Crippen molar-refractivity contribution in [1.82, 2.24) is 5.32 Å². The van der Waals surface area contributed by atoms with E-state index in [1.165, 1.54) is 14.2 Å². The fraction of sp³-hybridized carbons (Fsp3) is 0.462. The first-order valence-corrected chi connectivity index (χ1v) is 5.73. The number of rotatable bonds is 6. The Bertz CT molecular complexity index is 406. The van der Waals surface area contributed by atoms with Gasteiger partial charge in [-0.05, 0) is 24.1 Å². The van der Waals surface area contributed by atoms with Crippen LogP contribution in [-0.2, 0) is 0 Å². The van der Waals surface area contributed by atoms with E-state index in [1.54, 1.807) is 18.2 Å². The largest absolute Gasteiger partial charge is 0.497 e. The van der Waals surface area contributed by atoms with E-state index in [2.05, 4.69) is 5.32 Å². The predicted molar refractivity (Wildman–Crippen MR) is 68.1 cm³/mol. The SMILES string of the molecule is COc1ccc(OC)c(C(=O)NCC(C)CO)c1. The van der Waals surface area contributed by atoms with Gasteiger partial charge < -0.3 is 19.9 Å². The van der Waals surface area contributed by atoms with E-state index in [1.807, 2.05) is 6.92 Å². The van der Waals surface area contributed by atoms with Crippen molar-refractivity contribution in [3.05, 3.63) is 23.8 Å². The summed E-state index contributed by atoms with van der Waals surface area (Å²) in [6.45, 7) is 2.30. The second kappa shape index (κ2) is 6.86. The molecule has 18 heavy (non-hydrogen) atoms. The molecule has 2 N–H and O–H groups in total. The van der Waals surface area contributed by atoms with Gasteiger partial charge in [-0.1, -0.05) is 6.92 Å². The number of hydrogen-bond donors (Lipinski definition) is 2. The van der Waals surface area contributed by atoms with Gasteiger partial charge in [-0.2, -0.15) is 0 Å². The quantitative estimate of drug-likeness (QED) is 0.795. The van der Waals surface area contributed by atoms with Crippen molar-refractivity contribution in [2.75, 3.05) is 27.4 Å². The molecular formula is C13H19NO4. The standard InChI is InChI=1S/C13H19NO4/c1-9(8-15)7-14-13(16)11-6-10(17-2)4-5-12(11)18-3/h4-6,9,15H,7-8H2,1-3H3,(H,14,16). The summed E-state index contributed by atoms with van der Waals surface area (Å²) < 4.78 is 10.2.